The predicted molar refractivity (Wildman–Crippen MR) is 110 cm³/mol. The van der Waals surface area contributed by atoms with Crippen LogP contribution in [-0.2, 0) is 6.54 Å². The average molecular weight is 379 g/mol. The molecule has 1 fully saturated rings. The molecular formula is C21H25N5O2. The molecular weight excluding hydrogens is 354 g/mol. The molecule has 1 aliphatic heterocycles. The normalized spacial score (nSPS) is 14.2. The first-order chi connectivity index (χ1) is 13.7. The summed E-state index contributed by atoms with van der Waals surface area (Å²) in [5.74, 6) is 4.31. The van der Waals surface area contributed by atoms with Crippen LogP contribution in [0.4, 0.5) is 17.3 Å². The van der Waals surface area contributed by atoms with Gasteiger partial charge in [0.1, 0.15) is 29.0 Å². The summed E-state index contributed by atoms with van der Waals surface area (Å²) in [4.78, 5) is 13.8. The SMILES string of the molecule is COc1ccccc1N1CCN(c2cc(NCc3ccco3)nc(C)n2)CC1. The van der Waals surface area contributed by atoms with Gasteiger partial charge in [0.05, 0.1) is 25.6 Å². The first-order valence-electron chi connectivity index (χ1n) is 9.48. The van der Waals surface area contributed by atoms with Gasteiger partial charge in [0.15, 0.2) is 0 Å². The number of hydrogen-bond acceptors (Lipinski definition) is 7. The maximum atomic E-state index is 5.51. The van der Waals surface area contributed by atoms with Crippen LogP contribution in [0.3, 0.4) is 0 Å². The van der Waals surface area contributed by atoms with Crippen molar-refractivity contribution in [3.63, 3.8) is 0 Å². The third kappa shape index (κ3) is 4.03. The summed E-state index contributed by atoms with van der Waals surface area (Å²) in [6, 6.07) is 14.0. The quantitative estimate of drug-likeness (QED) is 0.705. The first kappa shape index (κ1) is 18.2. The number of furan rings is 1. The van der Waals surface area contributed by atoms with Gasteiger partial charge in [-0.05, 0) is 31.2 Å². The number of aromatic nitrogens is 2. The van der Waals surface area contributed by atoms with E-state index in [0.29, 0.717) is 6.54 Å². The van der Waals surface area contributed by atoms with Gasteiger partial charge >= 0.3 is 0 Å². The van der Waals surface area contributed by atoms with Crippen molar-refractivity contribution in [2.45, 2.75) is 13.5 Å². The summed E-state index contributed by atoms with van der Waals surface area (Å²) in [6.45, 7) is 6.15. The van der Waals surface area contributed by atoms with E-state index in [2.05, 4.69) is 37.2 Å². The van der Waals surface area contributed by atoms with Crippen LogP contribution in [0.25, 0.3) is 0 Å². The third-order valence-corrected chi connectivity index (χ3v) is 4.88. The maximum Gasteiger partial charge on any atom is 0.142 e. The largest absolute Gasteiger partial charge is 0.495 e. The van der Waals surface area contributed by atoms with E-state index in [1.54, 1.807) is 13.4 Å². The molecule has 0 unspecified atom stereocenters. The van der Waals surface area contributed by atoms with E-state index >= 15 is 0 Å². The predicted octanol–water partition coefficient (Wildman–Crippen LogP) is 3.33. The molecule has 3 aromatic rings. The smallest absolute Gasteiger partial charge is 0.142 e. The Morgan fingerprint density at radius 2 is 1.82 bits per heavy atom. The number of ether oxygens (including phenoxy) is 1. The molecule has 4 rings (SSSR count). The zero-order valence-electron chi connectivity index (χ0n) is 16.3. The summed E-state index contributed by atoms with van der Waals surface area (Å²) in [5.41, 5.74) is 1.14. The van der Waals surface area contributed by atoms with Gasteiger partial charge in [-0.1, -0.05) is 12.1 Å². The van der Waals surface area contributed by atoms with Crippen molar-refractivity contribution in [1.82, 2.24) is 9.97 Å². The summed E-state index contributed by atoms with van der Waals surface area (Å²) >= 11 is 0. The number of nitrogens with zero attached hydrogens (tertiary/aromatic N) is 4. The highest BCUT2D eigenvalue weighted by Gasteiger charge is 2.21. The zero-order chi connectivity index (χ0) is 19.3. The van der Waals surface area contributed by atoms with Crippen molar-refractivity contribution < 1.29 is 9.15 Å². The molecule has 0 bridgehead atoms. The highest BCUT2D eigenvalue weighted by atomic mass is 16.5. The Hall–Kier alpha value is -3.22. The second kappa shape index (κ2) is 8.21. The van der Waals surface area contributed by atoms with Crippen LogP contribution in [0.15, 0.2) is 53.1 Å². The van der Waals surface area contributed by atoms with Crippen molar-refractivity contribution in [2.75, 3.05) is 48.4 Å². The summed E-state index contributed by atoms with van der Waals surface area (Å²) < 4.78 is 10.9. The van der Waals surface area contributed by atoms with E-state index in [9.17, 15) is 0 Å². The molecule has 1 N–H and O–H groups in total. The molecule has 0 radical (unpaired) electrons. The van der Waals surface area contributed by atoms with Gasteiger partial charge in [0.2, 0.25) is 0 Å². The molecule has 0 aliphatic carbocycles. The Morgan fingerprint density at radius 3 is 2.57 bits per heavy atom. The summed E-state index contributed by atoms with van der Waals surface area (Å²) in [6.07, 6.45) is 1.68. The van der Waals surface area contributed by atoms with Crippen molar-refractivity contribution >= 4 is 17.3 Å². The number of methoxy groups -OCH3 is 1. The second-order valence-corrected chi connectivity index (χ2v) is 6.74. The average Bonchev–Trinajstić information content (AvgIpc) is 3.26. The molecule has 146 valence electrons. The number of aryl methyl sites for hydroxylation is 1. The molecule has 7 heteroatoms. The highest BCUT2D eigenvalue weighted by molar-refractivity contribution is 5.60. The number of para-hydroxylation sites is 2. The van der Waals surface area contributed by atoms with Crippen LogP contribution < -0.4 is 19.9 Å². The molecule has 1 aliphatic rings. The molecule has 1 aromatic carbocycles. The monoisotopic (exact) mass is 379 g/mol. The molecule has 28 heavy (non-hydrogen) atoms. The minimum Gasteiger partial charge on any atom is -0.495 e. The van der Waals surface area contributed by atoms with Crippen molar-refractivity contribution in [3.05, 3.63) is 60.3 Å². The zero-order valence-corrected chi connectivity index (χ0v) is 16.3. The van der Waals surface area contributed by atoms with Gasteiger partial charge < -0.3 is 24.3 Å². The standard InChI is InChI=1S/C21H25N5O2/c1-16-23-20(22-15-17-6-5-13-28-17)14-21(24-16)26-11-9-25(10-12-26)18-7-3-4-8-19(18)27-2/h3-8,13-14H,9-12,15H2,1-2H3,(H,22,23,24). The second-order valence-electron chi connectivity index (χ2n) is 6.74. The molecule has 2 aromatic heterocycles. The first-order valence-corrected chi connectivity index (χ1v) is 9.48. The molecule has 0 amide bonds. The van der Waals surface area contributed by atoms with E-state index in [0.717, 1.165) is 60.8 Å². The van der Waals surface area contributed by atoms with Gasteiger partial charge in [-0.3, -0.25) is 0 Å². The minimum atomic E-state index is 0.602. The van der Waals surface area contributed by atoms with Gasteiger partial charge in [-0.25, -0.2) is 9.97 Å². The number of benzene rings is 1. The van der Waals surface area contributed by atoms with Crippen LogP contribution in [0.1, 0.15) is 11.6 Å². The molecule has 0 saturated carbocycles. The fourth-order valence-electron chi connectivity index (χ4n) is 3.46. The molecule has 7 nitrogen and oxygen atoms in total. The van der Waals surface area contributed by atoms with Crippen LogP contribution in [-0.4, -0.2) is 43.3 Å². The number of anilines is 3. The third-order valence-electron chi connectivity index (χ3n) is 4.88. The van der Waals surface area contributed by atoms with Crippen molar-refractivity contribution in [3.8, 4) is 5.75 Å². The van der Waals surface area contributed by atoms with Crippen molar-refractivity contribution in [1.29, 1.82) is 0 Å². The maximum absolute atomic E-state index is 5.51. The van der Waals surface area contributed by atoms with Gasteiger partial charge in [-0.2, -0.15) is 0 Å². The van der Waals surface area contributed by atoms with Crippen LogP contribution >= 0.6 is 0 Å². The lowest BCUT2D eigenvalue weighted by Gasteiger charge is -2.37. The van der Waals surface area contributed by atoms with E-state index in [1.165, 1.54) is 0 Å². The fourth-order valence-corrected chi connectivity index (χ4v) is 3.46. The number of piperazine rings is 1. The Kier molecular flexibility index (Phi) is 5.32. The fraction of sp³-hybridized carbons (Fsp3) is 0.333. The Morgan fingerprint density at radius 1 is 1.04 bits per heavy atom. The van der Waals surface area contributed by atoms with E-state index in [-0.39, 0.29) is 0 Å². The lowest BCUT2D eigenvalue weighted by atomic mass is 10.2. The van der Waals surface area contributed by atoms with E-state index in [4.69, 9.17) is 9.15 Å². The summed E-state index contributed by atoms with van der Waals surface area (Å²) in [5, 5.41) is 3.32. The Labute approximate surface area is 165 Å². The molecule has 1 saturated heterocycles. The summed E-state index contributed by atoms with van der Waals surface area (Å²) in [7, 11) is 1.72. The highest BCUT2D eigenvalue weighted by Crippen LogP contribution is 2.29. The number of hydrogen-bond donors (Lipinski definition) is 1. The van der Waals surface area contributed by atoms with E-state index in [1.807, 2.05) is 37.3 Å². The van der Waals surface area contributed by atoms with Gasteiger partial charge in [0.25, 0.3) is 0 Å². The van der Waals surface area contributed by atoms with Crippen LogP contribution in [0, 0.1) is 6.92 Å². The van der Waals surface area contributed by atoms with Crippen molar-refractivity contribution in [2.24, 2.45) is 0 Å². The molecule has 0 atom stereocenters. The Bertz CT molecular complexity index is 905. The lowest BCUT2D eigenvalue weighted by molar-refractivity contribution is 0.413. The van der Waals surface area contributed by atoms with Gasteiger partial charge in [-0.15, -0.1) is 0 Å². The number of rotatable bonds is 6. The van der Waals surface area contributed by atoms with Gasteiger partial charge in [0, 0.05) is 32.2 Å². The van der Waals surface area contributed by atoms with E-state index < -0.39 is 0 Å². The van der Waals surface area contributed by atoms with Crippen LogP contribution in [0.2, 0.25) is 0 Å². The lowest BCUT2D eigenvalue weighted by Crippen LogP contribution is -2.47. The Balaban J connectivity index is 1.42. The molecule has 3 heterocycles. The topological polar surface area (TPSA) is 66.7 Å². The minimum absolute atomic E-state index is 0.602. The van der Waals surface area contributed by atoms with Crippen LogP contribution in [0.5, 0.6) is 5.75 Å². The number of nitrogens with one attached hydrogen (secondary N) is 1. The molecule has 0 spiro atoms.